The largest absolute Gasteiger partial charge is 0.337 e. The van der Waals surface area contributed by atoms with Crippen LogP contribution in [0.5, 0.6) is 0 Å². The quantitative estimate of drug-likeness (QED) is 0.141. The molecule has 0 fully saturated rings. The van der Waals surface area contributed by atoms with Crippen molar-refractivity contribution in [3.05, 3.63) is 211 Å². The van der Waals surface area contributed by atoms with E-state index in [-0.39, 0.29) is 6.04 Å². The Hall–Kier alpha value is -7.30. The second-order valence-corrected chi connectivity index (χ2v) is 15.6. The van der Waals surface area contributed by atoms with Crippen molar-refractivity contribution in [2.24, 2.45) is 0 Å². The van der Waals surface area contributed by atoms with Gasteiger partial charge in [-0.3, -0.25) is 0 Å². The van der Waals surface area contributed by atoms with E-state index in [0.717, 1.165) is 41.3 Å². The summed E-state index contributed by atoms with van der Waals surface area (Å²) in [6, 6.07) is 62.0. The third kappa shape index (κ3) is 5.66. The van der Waals surface area contributed by atoms with E-state index < -0.39 is 0 Å². The van der Waals surface area contributed by atoms with Crippen LogP contribution in [0.1, 0.15) is 37.6 Å². The van der Waals surface area contributed by atoms with Gasteiger partial charge in [0.05, 0.1) is 22.1 Å². The van der Waals surface area contributed by atoms with Crippen LogP contribution in [-0.2, 0) is 6.42 Å². The highest BCUT2D eigenvalue weighted by Gasteiger charge is 2.21. The topological polar surface area (TPSA) is 18.0 Å². The Labute approximate surface area is 344 Å². The summed E-state index contributed by atoms with van der Waals surface area (Å²) in [7, 11) is 0. The molecule has 11 rings (SSSR count). The number of hydrogen-bond acceptors (Lipinski definition) is 1. The van der Waals surface area contributed by atoms with Crippen molar-refractivity contribution < 1.29 is 0 Å². The van der Waals surface area contributed by atoms with Gasteiger partial charge < -0.3 is 18.6 Å². The fourth-order valence-electron chi connectivity index (χ4n) is 9.64. The lowest BCUT2D eigenvalue weighted by atomic mass is 10.0. The molecule has 0 spiro atoms. The zero-order valence-electron chi connectivity index (χ0n) is 33.3. The number of nitrogens with zero attached hydrogens (tertiary/aromatic N) is 4. The second kappa shape index (κ2) is 14.3. The van der Waals surface area contributed by atoms with Gasteiger partial charge >= 0.3 is 0 Å². The van der Waals surface area contributed by atoms with Crippen molar-refractivity contribution in [2.45, 2.75) is 32.7 Å². The number of aromatic nitrogens is 3. The molecule has 0 N–H and O–H groups in total. The van der Waals surface area contributed by atoms with Gasteiger partial charge in [-0.2, -0.15) is 0 Å². The molecule has 284 valence electrons. The van der Waals surface area contributed by atoms with E-state index in [9.17, 15) is 0 Å². The van der Waals surface area contributed by atoms with Gasteiger partial charge in [-0.15, -0.1) is 0 Å². The van der Waals surface area contributed by atoms with Crippen LogP contribution in [0.15, 0.2) is 200 Å². The highest BCUT2D eigenvalue weighted by Crippen LogP contribution is 2.38. The molecule has 1 atom stereocenters. The highest BCUT2D eigenvalue weighted by atomic mass is 15.1. The van der Waals surface area contributed by atoms with Crippen molar-refractivity contribution in [3.63, 3.8) is 0 Å². The van der Waals surface area contributed by atoms with Gasteiger partial charge in [-0.25, -0.2) is 0 Å². The van der Waals surface area contributed by atoms with E-state index in [1.807, 2.05) is 0 Å². The molecule has 7 aromatic carbocycles. The summed E-state index contributed by atoms with van der Waals surface area (Å²) in [5.41, 5.74) is 14.5. The molecule has 0 saturated carbocycles. The summed E-state index contributed by atoms with van der Waals surface area (Å²) in [6.07, 6.45) is 13.7. The Balaban J connectivity index is 1.02. The number of anilines is 2. The third-order valence-corrected chi connectivity index (χ3v) is 12.3. The van der Waals surface area contributed by atoms with Crippen LogP contribution in [0.4, 0.5) is 11.4 Å². The standard InChI is InChI=1S/C55H44N4/c1-3-39(29-28-38(2)56-50-22-10-4-16-44(50)45-17-5-11-23-51(45)56)57(40-30-34-42(35-31-40)58-52-24-12-6-18-46(52)47-19-7-13-25-53(47)58)41-32-36-43(37-33-41)59-54-26-14-8-20-48(54)49-21-9-15-27-55(49)59/h3-10,12-22,24-38H,11,23H2,1-2H3/b29-28-,39-3+. The molecule has 59 heavy (non-hydrogen) atoms. The molecule has 4 heteroatoms. The summed E-state index contributed by atoms with van der Waals surface area (Å²) < 4.78 is 7.31. The molecular formula is C55H44N4. The Morgan fingerprint density at radius 3 is 1.41 bits per heavy atom. The fraction of sp³-hybridized carbons (Fsp3) is 0.0909. The normalized spacial score (nSPS) is 13.7. The first kappa shape index (κ1) is 34.9. The van der Waals surface area contributed by atoms with E-state index in [1.165, 1.54) is 65.8 Å². The fourth-order valence-corrected chi connectivity index (χ4v) is 9.64. The number of allylic oxidation sites excluding steroid dienone is 4. The third-order valence-electron chi connectivity index (χ3n) is 12.3. The molecule has 0 saturated heterocycles. The van der Waals surface area contributed by atoms with E-state index >= 15 is 0 Å². The van der Waals surface area contributed by atoms with Crippen molar-refractivity contribution in [1.82, 2.24) is 13.7 Å². The van der Waals surface area contributed by atoms with Crippen LogP contribution in [-0.4, -0.2) is 13.7 Å². The number of benzene rings is 7. The van der Waals surface area contributed by atoms with Gasteiger partial charge in [0.2, 0.25) is 0 Å². The maximum atomic E-state index is 2.54. The van der Waals surface area contributed by atoms with Gasteiger partial charge in [0, 0.05) is 78.2 Å². The summed E-state index contributed by atoms with van der Waals surface area (Å²) in [5, 5.41) is 6.39. The predicted octanol–water partition coefficient (Wildman–Crippen LogP) is 14.7. The van der Waals surface area contributed by atoms with Gasteiger partial charge in [0.25, 0.3) is 0 Å². The summed E-state index contributed by atoms with van der Waals surface area (Å²) >= 11 is 0. The Kier molecular flexibility index (Phi) is 8.44. The number of hydrogen-bond donors (Lipinski definition) is 0. The first-order valence-corrected chi connectivity index (χ1v) is 20.8. The zero-order valence-corrected chi connectivity index (χ0v) is 33.3. The average molecular weight is 761 g/mol. The molecule has 0 radical (unpaired) electrons. The maximum absolute atomic E-state index is 2.54. The number of rotatable bonds is 8. The number of fused-ring (bicyclic) bond motifs is 9. The van der Waals surface area contributed by atoms with Gasteiger partial charge in [-0.05, 0) is 112 Å². The van der Waals surface area contributed by atoms with Crippen LogP contribution >= 0.6 is 0 Å². The van der Waals surface area contributed by atoms with Crippen LogP contribution in [0.2, 0.25) is 0 Å². The Morgan fingerprint density at radius 2 is 0.949 bits per heavy atom. The first-order valence-electron chi connectivity index (χ1n) is 20.8. The monoisotopic (exact) mass is 760 g/mol. The zero-order chi connectivity index (χ0) is 39.5. The molecule has 1 aliphatic rings. The molecule has 0 amide bonds. The van der Waals surface area contributed by atoms with E-state index in [1.54, 1.807) is 0 Å². The molecule has 1 unspecified atom stereocenters. The molecule has 0 bridgehead atoms. The molecule has 0 aliphatic heterocycles. The predicted molar refractivity (Wildman–Crippen MR) is 251 cm³/mol. The lowest BCUT2D eigenvalue weighted by Gasteiger charge is -2.27. The number of para-hydroxylation sites is 5. The minimum atomic E-state index is 0.155. The van der Waals surface area contributed by atoms with Crippen LogP contribution in [0, 0.1) is 0 Å². The van der Waals surface area contributed by atoms with Crippen molar-refractivity contribution in [1.29, 1.82) is 0 Å². The lowest BCUT2D eigenvalue weighted by Crippen LogP contribution is -2.16. The van der Waals surface area contributed by atoms with E-state index in [2.05, 4.69) is 233 Å². The summed E-state index contributed by atoms with van der Waals surface area (Å²) in [6.45, 7) is 4.47. The average Bonchev–Trinajstić information content (AvgIpc) is 3.94. The summed E-state index contributed by atoms with van der Waals surface area (Å²) in [4.78, 5) is 2.39. The van der Waals surface area contributed by atoms with Crippen molar-refractivity contribution in [2.75, 3.05) is 4.90 Å². The smallest absolute Gasteiger partial charge is 0.0541 e. The molecule has 4 nitrogen and oxygen atoms in total. The first-order chi connectivity index (χ1) is 29.2. The van der Waals surface area contributed by atoms with Crippen LogP contribution < -0.4 is 4.90 Å². The minimum Gasteiger partial charge on any atom is -0.337 e. The van der Waals surface area contributed by atoms with E-state index in [4.69, 9.17) is 0 Å². The molecule has 10 aromatic rings. The minimum absolute atomic E-state index is 0.155. The highest BCUT2D eigenvalue weighted by molar-refractivity contribution is 6.10. The maximum Gasteiger partial charge on any atom is 0.0541 e. The summed E-state index contributed by atoms with van der Waals surface area (Å²) in [5.74, 6) is 0. The lowest BCUT2D eigenvalue weighted by molar-refractivity contribution is 0.645. The van der Waals surface area contributed by atoms with Gasteiger partial charge in [0.1, 0.15) is 0 Å². The Morgan fingerprint density at radius 1 is 0.525 bits per heavy atom. The van der Waals surface area contributed by atoms with Crippen LogP contribution in [0.25, 0.3) is 72.0 Å². The van der Waals surface area contributed by atoms with Gasteiger partial charge in [0.15, 0.2) is 0 Å². The SMILES string of the molecule is C/C=C(\C=C/C(C)n1c2c(c3ccccc31)C=CCC2)N(c1ccc(-n2c3ccccc3c3ccccc32)cc1)c1ccc(-n2c3ccccc3c3ccccc32)cc1. The van der Waals surface area contributed by atoms with Crippen molar-refractivity contribution >= 4 is 72.0 Å². The second-order valence-electron chi connectivity index (χ2n) is 15.6. The molecule has 3 aromatic heterocycles. The molecule has 3 heterocycles. The Bertz CT molecular complexity index is 3030. The van der Waals surface area contributed by atoms with Crippen LogP contribution in [0.3, 0.4) is 0 Å². The van der Waals surface area contributed by atoms with E-state index in [0.29, 0.717) is 0 Å². The molecule has 1 aliphatic carbocycles. The molecular weight excluding hydrogens is 717 g/mol. The van der Waals surface area contributed by atoms with Crippen molar-refractivity contribution in [3.8, 4) is 11.4 Å². The van der Waals surface area contributed by atoms with Gasteiger partial charge in [-0.1, -0.05) is 115 Å².